The van der Waals surface area contributed by atoms with E-state index in [-0.39, 0.29) is 0 Å². The number of piperazine rings is 6. The average molecular weight is 297 g/mol. The molecule has 1 amide bonds. The van der Waals surface area contributed by atoms with Crippen molar-refractivity contribution < 1.29 is 4.79 Å². The topological polar surface area (TPSA) is 33.3 Å². The van der Waals surface area contributed by atoms with Crippen LogP contribution in [-0.4, -0.2) is 124 Å². The van der Waals surface area contributed by atoms with E-state index in [1.807, 2.05) is 0 Å². The fourth-order valence-electron chi connectivity index (χ4n) is 3.04. The second-order valence-electron chi connectivity index (χ2n) is 6.44. The summed E-state index contributed by atoms with van der Waals surface area (Å²) in [6.45, 7) is 15.8. The van der Waals surface area contributed by atoms with Gasteiger partial charge < -0.3 is 4.90 Å². The highest BCUT2D eigenvalue weighted by Gasteiger charge is 2.22. The minimum Gasteiger partial charge on any atom is -0.351 e. The first-order valence-corrected chi connectivity index (χ1v) is 8.18. The van der Waals surface area contributed by atoms with E-state index in [9.17, 15) is 4.79 Å². The smallest absolute Gasteiger partial charge is 0.209 e. The summed E-state index contributed by atoms with van der Waals surface area (Å²) < 4.78 is 0. The third-order valence-corrected chi connectivity index (χ3v) is 4.61. The minimum absolute atomic E-state index is 0.750. The lowest BCUT2D eigenvalue weighted by Crippen LogP contribution is -2.55. The molecule has 0 saturated carbocycles. The van der Waals surface area contributed by atoms with E-state index >= 15 is 0 Å². The number of carbonyl (C=O) groups is 1. The van der Waals surface area contributed by atoms with Crippen molar-refractivity contribution in [2.75, 3.05) is 92.6 Å². The van der Waals surface area contributed by atoms with Gasteiger partial charge in [-0.25, -0.2) is 0 Å². The highest BCUT2D eigenvalue weighted by molar-refractivity contribution is 5.45. The predicted molar refractivity (Wildman–Crippen MR) is 85.5 cm³/mol. The molecule has 0 aromatic rings. The third kappa shape index (κ3) is 5.90. The first-order chi connectivity index (χ1) is 10.2. The summed E-state index contributed by atoms with van der Waals surface area (Å²) >= 11 is 0. The molecule has 0 atom stereocenters. The van der Waals surface area contributed by atoms with Crippen LogP contribution in [0.15, 0.2) is 0 Å². The lowest BCUT2D eigenvalue weighted by Gasteiger charge is -2.41. The molecule has 0 spiro atoms. The molecule has 0 radical (unpaired) electrons. The quantitative estimate of drug-likeness (QED) is 0.576. The van der Waals surface area contributed by atoms with Crippen LogP contribution in [0.2, 0.25) is 0 Å². The number of hydrogen-bond donors (Lipinski definition) is 0. The van der Waals surface area contributed by atoms with E-state index in [0.29, 0.717) is 0 Å². The molecule has 6 fully saturated rings. The molecule has 122 valence electrons. The van der Waals surface area contributed by atoms with Gasteiger partial charge in [0.1, 0.15) is 0 Å². The standard InChI is InChI=1S/2C6H12N2.C3H7NO/c2*1-2-8-5-3-7(1)4-6-8;1-4(2)3-5/h2*1-6H2;3H,1-2H3. The van der Waals surface area contributed by atoms with Gasteiger partial charge in [0.25, 0.3) is 0 Å². The normalized spacial score (nSPS) is 35.9. The largest absolute Gasteiger partial charge is 0.351 e. The Balaban J connectivity index is 0.000000120. The number of nitrogens with zero attached hydrogens (tertiary/aromatic N) is 5. The van der Waals surface area contributed by atoms with Crippen LogP contribution in [0.5, 0.6) is 0 Å². The van der Waals surface area contributed by atoms with Crippen LogP contribution in [0.3, 0.4) is 0 Å². The van der Waals surface area contributed by atoms with Gasteiger partial charge in [-0.3, -0.25) is 24.4 Å². The number of amides is 1. The van der Waals surface area contributed by atoms with Crippen molar-refractivity contribution in [2.24, 2.45) is 0 Å². The van der Waals surface area contributed by atoms with Gasteiger partial charge in [-0.15, -0.1) is 0 Å². The second kappa shape index (κ2) is 8.68. The van der Waals surface area contributed by atoms with Gasteiger partial charge in [0, 0.05) is 92.6 Å². The van der Waals surface area contributed by atoms with Crippen molar-refractivity contribution in [1.29, 1.82) is 0 Å². The van der Waals surface area contributed by atoms with Gasteiger partial charge in [-0.1, -0.05) is 0 Å². The fourth-order valence-corrected chi connectivity index (χ4v) is 3.04. The molecular weight excluding hydrogens is 266 g/mol. The Morgan fingerprint density at radius 1 is 0.571 bits per heavy atom. The number of hydrogen-bond acceptors (Lipinski definition) is 5. The monoisotopic (exact) mass is 297 g/mol. The van der Waals surface area contributed by atoms with Crippen LogP contribution >= 0.6 is 0 Å². The molecule has 6 aliphatic rings. The zero-order chi connectivity index (χ0) is 15.1. The fraction of sp³-hybridized carbons (Fsp3) is 0.933. The van der Waals surface area contributed by atoms with Crippen molar-refractivity contribution >= 4 is 6.41 Å². The Kier molecular flexibility index (Phi) is 6.89. The molecule has 6 aliphatic heterocycles. The molecule has 0 unspecified atom stereocenters. The van der Waals surface area contributed by atoms with Crippen LogP contribution < -0.4 is 0 Å². The summed E-state index contributed by atoms with van der Waals surface area (Å²) in [5.41, 5.74) is 0. The molecule has 6 rings (SSSR count). The SMILES string of the molecule is C1CN2CCN1CC2.C1CN2CCN1CC2.CN(C)C=O. The predicted octanol–water partition coefficient (Wildman–Crippen LogP) is -1.06. The van der Waals surface area contributed by atoms with E-state index in [4.69, 9.17) is 0 Å². The van der Waals surface area contributed by atoms with Gasteiger partial charge in [0.2, 0.25) is 6.41 Å². The minimum atomic E-state index is 0.750. The summed E-state index contributed by atoms with van der Waals surface area (Å²) in [5, 5.41) is 0. The molecule has 4 bridgehead atoms. The maximum Gasteiger partial charge on any atom is 0.209 e. The zero-order valence-electron chi connectivity index (χ0n) is 13.7. The van der Waals surface area contributed by atoms with Crippen molar-refractivity contribution in [3.63, 3.8) is 0 Å². The van der Waals surface area contributed by atoms with Crippen LogP contribution in [0.25, 0.3) is 0 Å². The zero-order valence-corrected chi connectivity index (χ0v) is 13.7. The van der Waals surface area contributed by atoms with Crippen LogP contribution in [0.4, 0.5) is 0 Å². The Bertz CT molecular complexity index is 226. The van der Waals surface area contributed by atoms with Crippen molar-refractivity contribution in [2.45, 2.75) is 0 Å². The number of rotatable bonds is 1. The second-order valence-corrected chi connectivity index (χ2v) is 6.44. The molecule has 6 heteroatoms. The third-order valence-electron chi connectivity index (χ3n) is 4.61. The Hall–Kier alpha value is -0.690. The Morgan fingerprint density at radius 3 is 0.762 bits per heavy atom. The molecule has 6 saturated heterocycles. The first kappa shape index (κ1) is 16.7. The maximum atomic E-state index is 9.43. The van der Waals surface area contributed by atoms with Crippen molar-refractivity contribution in [3.8, 4) is 0 Å². The van der Waals surface area contributed by atoms with E-state index < -0.39 is 0 Å². The molecule has 0 aromatic heterocycles. The van der Waals surface area contributed by atoms with Crippen LogP contribution in [-0.2, 0) is 4.79 Å². The molecule has 6 nitrogen and oxygen atoms in total. The number of carbonyl (C=O) groups excluding carboxylic acids is 1. The Morgan fingerprint density at radius 2 is 0.714 bits per heavy atom. The van der Waals surface area contributed by atoms with Gasteiger partial charge in [-0.2, -0.15) is 0 Å². The lowest BCUT2D eigenvalue weighted by atomic mass is 10.2. The van der Waals surface area contributed by atoms with Gasteiger partial charge >= 0.3 is 0 Å². The number of fused-ring (bicyclic) bond motifs is 6. The first-order valence-electron chi connectivity index (χ1n) is 8.18. The summed E-state index contributed by atoms with van der Waals surface area (Å²) in [6.07, 6.45) is 0.750. The van der Waals surface area contributed by atoms with Crippen LogP contribution in [0.1, 0.15) is 0 Å². The van der Waals surface area contributed by atoms with E-state index in [0.717, 1.165) is 6.41 Å². The van der Waals surface area contributed by atoms with Crippen molar-refractivity contribution in [1.82, 2.24) is 24.5 Å². The van der Waals surface area contributed by atoms with E-state index in [1.165, 1.54) is 83.4 Å². The summed E-state index contributed by atoms with van der Waals surface area (Å²) in [4.78, 5) is 21.0. The molecule has 6 heterocycles. The molecule has 0 N–H and O–H groups in total. The van der Waals surface area contributed by atoms with Crippen molar-refractivity contribution in [3.05, 3.63) is 0 Å². The highest BCUT2D eigenvalue weighted by Crippen LogP contribution is 2.07. The lowest BCUT2D eigenvalue weighted by molar-refractivity contribution is -0.115. The maximum absolute atomic E-state index is 9.43. The van der Waals surface area contributed by atoms with Crippen LogP contribution in [0, 0.1) is 0 Å². The summed E-state index contributed by atoms with van der Waals surface area (Å²) in [5.74, 6) is 0. The molecule has 0 aromatic carbocycles. The van der Waals surface area contributed by atoms with Gasteiger partial charge in [0.05, 0.1) is 0 Å². The average Bonchev–Trinajstić information content (AvgIpc) is 2.59. The van der Waals surface area contributed by atoms with E-state index in [2.05, 4.69) is 19.6 Å². The Labute approximate surface area is 129 Å². The summed E-state index contributed by atoms with van der Waals surface area (Å²) in [6, 6.07) is 0. The highest BCUT2D eigenvalue weighted by atomic mass is 16.1. The molecular formula is C15H31N5O. The molecule has 0 aliphatic carbocycles. The van der Waals surface area contributed by atoms with Gasteiger partial charge in [-0.05, 0) is 0 Å². The van der Waals surface area contributed by atoms with E-state index in [1.54, 1.807) is 14.1 Å². The van der Waals surface area contributed by atoms with Gasteiger partial charge in [0.15, 0.2) is 0 Å². The summed E-state index contributed by atoms with van der Waals surface area (Å²) in [7, 11) is 3.38. The molecule has 21 heavy (non-hydrogen) atoms.